The van der Waals surface area contributed by atoms with Crippen molar-refractivity contribution in [2.75, 3.05) is 0 Å². The van der Waals surface area contributed by atoms with E-state index in [1.54, 1.807) is 0 Å². The van der Waals surface area contributed by atoms with E-state index in [4.69, 9.17) is 16.3 Å². The minimum absolute atomic E-state index is 0. The lowest BCUT2D eigenvalue weighted by Gasteiger charge is -2.36. The Morgan fingerprint density at radius 3 is 2.47 bits per heavy atom. The minimum Gasteiger partial charge on any atom is -0.450 e. The van der Waals surface area contributed by atoms with Gasteiger partial charge in [-0.15, -0.1) is 0 Å². The summed E-state index contributed by atoms with van der Waals surface area (Å²) in [7, 11) is 0. The lowest BCUT2D eigenvalue weighted by Crippen LogP contribution is -2.34. The van der Waals surface area contributed by atoms with Crippen LogP contribution in [0.4, 0.5) is 4.79 Å². The topological polar surface area (TPSA) is 26.3 Å². The first-order chi connectivity index (χ1) is 6.50. The van der Waals surface area contributed by atoms with Crippen molar-refractivity contribution in [1.82, 2.24) is 0 Å². The number of ether oxygens (including phenoxy) is 1. The third-order valence-corrected chi connectivity index (χ3v) is 3.29. The van der Waals surface area contributed by atoms with Crippen LogP contribution in [-0.2, 0) is 4.74 Å². The molecule has 0 spiro atoms. The average molecular weight is 235 g/mol. The molecule has 1 aliphatic carbocycles. The Hall–Kier alpha value is -0.240. The number of rotatable bonds is 2. The molecule has 0 heterocycles. The maximum atomic E-state index is 10.7. The van der Waals surface area contributed by atoms with E-state index in [1.807, 2.05) is 0 Å². The lowest BCUT2D eigenvalue weighted by molar-refractivity contribution is 0.0179. The second-order valence-corrected chi connectivity index (χ2v) is 5.03. The molecule has 0 aromatic heterocycles. The highest BCUT2D eigenvalue weighted by Gasteiger charge is 2.32. The van der Waals surface area contributed by atoms with Gasteiger partial charge in [-0.3, -0.25) is 0 Å². The summed E-state index contributed by atoms with van der Waals surface area (Å²) < 4.78 is 5.16. The first kappa shape index (κ1) is 14.8. The van der Waals surface area contributed by atoms with Crippen LogP contribution in [0.25, 0.3) is 0 Å². The molecule has 3 heteroatoms. The molecule has 0 aliphatic heterocycles. The van der Waals surface area contributed by atoms with E-state index in [0.29, 0.717) is 17.8 Å². The molecule has 0 radical (unpaired) electrons. The quantitative estimate of drug-likeness (QED) is 0.660. The molecule has 0 saturated heterocycles. The molecule has 90 valence electrons. The fourth-order valence-corrected chi connectivity index (χ4v) is 2.48. The highest BCUT2D eigenvalue weighted by atomic mass is 35.5. The SMILES string of the molecule is C.CC(C)[C@@H]1CC[C@@H](C)C[C@H]1OC(=O)Cl. The van der Waals surface area contributed by atoms with E-state index >= 15 is 0 Å². The first-order valence-electron chi connectivity index (χ1n) is 5.36. The zero-order valence-electron chi connectivity index (χ0n) is 9.13. The number of carbonyl (C=O) groups excluding carboxylic acids is 1. The molecule has 2 nitrogen and oxygen atoms in total. The Kier molecular flexibility index (Phi) is 6.26. The minimum atomic E-state index is -0.658. The second kappa shape index (κ2) is 6.37. The van der Waals surface area contributed by atoms with Crippen LogP contribution in [0, 0.1) is 17.8 Å². The molecule has 0 aromatic carbocycles. The van der Waals surface area contributed by atoms with Crippen molar-refractivity contribution in [3.8, 4) is 0 Å². The predicted molar refractivity (Wildman–Crippen MR) is 64.2 cm³/mol. The molecule has 0 aromatic rings. The monoisotopic (exact) mass is 234 g/mol. The van der Waals surface area contributed by atoms with E-state index in [1.165, 1.54) is 6.42 Å². The molecule has 1 fully saturated rings. The molecule has 1 aliphatic rings. The highest BCUT2D eigenvalue weighted by molar-refractivity contribution is 6.61. The fourth-order valence-electron chi connectivity index (χ4n) is 2.37. The lowest BCUT2D eigenvalue weighted by atomic mass is 9.75. The van der Waals surface area contributed by atoms with Crippen LogP contribution >= 0.6 is 11.6 Å². The van der Waals surface area contributed by atoms with Crippen molar-refractivity contribution in [2.24, 2.45) is 17.8 Å². The van der Waals surface area contributed by atoms with Gasteiger partial charge in [0.15, 0.2) is 0 Å². The van der Waals surface area contributed by atoms with Gasteiger partial charge in [0.2, 0.25) is 0 Å². The number of carbonyl (C=O) groups is 1. The summed E-state index contributed by atoms with van der Waals surface area (Å²) in [5.74, 6) is 1.68. The molecule has 0 N–H and O–H groups in total. The Bertz CT molecular complexity index is 204. The van der Waals surface area contributed by atoms with Crippen LogP contribution in [0.2, 0.25) is 0 Å². The predicted octanol–water partition coefficient (Wildman–Crippen LogP) is 4.46. The second-order valence-electron chi connectivity index (χ2n) is 4.72. The van der Waals surface area contributed by atoms with E-state index in [2.05, 4.69) is 20.8 Å². The number of halogens is 1. The highest BCUT2D eigenvalue weighted by Crippen LogP contribution is 2.35. The largest absolute Gasteiger partial charge is 0.450 e. The zero-order chi connectivity index (χ0) is 10.7. The summed E-state index contributed by atoms with van der Waals surface area (Å²) in [4.78, 5) is 10.7. The third-order valence-electron chi connectivity index (χ3n) is 3.21. The van der Waals surface area contributed by atoms with Gasteiger partial charge in [-0.05, 0) is 30.6 Å². The molecule has 0 amide bonds. The van der Waals surface area contributed by atoms with Crippen LogP contribution < -0.4 is 0 Å². The van der Waals surface area contributed by atoms with Crippen LogP contribution in [0.15, 0.2) is 0 Å². The Balaban J connectivity index is 0.00000196. The molecular weight excluding hydrogens is 212 g/mol. The van der Waals surface area contributed by atoms with Gasteiger partial charge in [0.05, 0.1) is 0 Å². The van der Waals surface area contributed by atoms with Gasteiger partial charge >= 0.3 is 5.43 Å². The van der Waals surface area contributed by atoms with Crippen LogP contribution in [-0.4, -0.2) is 11.5 Å². The summed E-state index contributed by atoms with van der Waals surface area (Å²) in [6.07, 6.45) is 3.37. The number of hydrogen-bond acceptors (Lipinski definition) is 2. The molecule has 0 unspecified atom stereocenters. The van der Waals surface area contributed by atoms with Crippen molar-refractivity contribution in [2.45, 2.75) is 53.6 Å². The molecule has 1 saturated carbocycles. The molecular formula is C12H23ClO2. The van der Waals surface area contributed by atoms with Gasteiger partial charge in [0.25, 0.3) is 0 Å². The van der Waals surface area contributed by atoms with Gasteiger partial charge in [-0.2, -0.15) is 0 Å². The summed E-state index contributed by atoms with van der Waals surface area (Å²) in [5.41, 5.74) is -0.658. The third kappa shape index (κ3) is 4.42. The van der Waals surface area contributed by atoms with Crippen molar-refractivity contribution in [3.63, 3.8) is 0 Å². The number of hydrogen-bond donors (Lipinski definition) is 0. The van der Waals surface area contributed by atoms with Gasteiger partial charge in [-0.1, -0.05) is 34.6 Å². The summed E-state index contributed by atoms with van der Waals surface area (Å²) in [6.45, 7) is 6.55. The summed E-state index contributed by atoms with van der Waals surface area (Å²) in [6, 6.07) is 0. The van der Waals surface area contributed by atoms with Crippen molar-refractivity contribution < 1.29 is 9.53 Å². The van der Waals surface area contributed by atoms with E-state index in [9.17, 15) is 4.79 Å². The first-order valence-corrected chi connectivity index (χ1v) is 5.74. The Labute approximate surface area is 98.3 Å². The smallest absolute Gasteiger partial charge is 0.404 e. The van der Waals surface area contributed by atoms with Crippen LogP contribution in [0.3, 0.4) is 0 Å². The average Bonchev–Trinajstić information content (AvgIpc) is 2.01. The molecule has 1 rings (SSSR count). The summed E-state index contributed by atoms with van der Waals surface area (Å²) >= 11 is 5.27. The zero-order valence-corrected chi connectivity index (χ0v) is 9.88. The Morgan fingerprint density at radius 1 is 1.40 bits per heavy atom. The molecule has 15 heavy (non-hydrogen) atoms. The van der Waals surface area contributed by atoms with Crippen molar-refractivity contribution in [3.05, 3.63) is 0 Å². The van der Waals surface area contributed by atoms with E-state index in [-0.39, 0.29) is 13.5 Å². The molecule has 3 atom stereocenters. The normalized spacial score (nSPS) is 30.9. The van der Waals surface area contributed by atoms with E-state index in [0.717, 1.165) is 12.8 Å². The van der Waals surface area contributed by atoms with Crippen LogP contribution in [0.5, 0.6) is 0 Å². The Morgan fingerprint density at radius 2 is 2.00 bits per heavy atom. The summed E-state index contributed by atoms with van der Waals surface area (Å²) in [5, 5.41) is 0. The van der Waals surface area contributed by atoms with Crippen LogP contribution in [0.1, 0.15) is 47.5 Å². The standard InChI is InChI=1S/C11H19ClO2.CH4/c1-7(2)9-5-4-8(3)6-10(9)14-11(12)13;/h7-10H,4-6H2,1-3H3;1H4/t8-,9+,10-;/m1./s1. The maximum absolute atomic E-state index is 10.7. The van der Waals surface area contributed by atoms with E-state index < -0.39 is 5.43 Å². The van der Waals surface area contributed by atoms with Gasteiger partial charge in [0.1, 0.15) is 6.10 Å². The van der Waals surface area contributed by atoms with Crippen molar-refractivity contribution in [1.29, 1.82) is 0 Å². The fraction of sp³-hybridized carbons (Fsp3) is 0.917. The van der Waals surface area contributed by atoms with Crippen molar-refractivity contribution >= 4 is 17.0 Å². The molecule has 0 bridgehead atoms. The maximum Gasteiger partial charge on any atom is 0.404 e. The van der Waals surface area contributed by atoms with Gasteiger partial charge < -0.3 is 4.74 Å². The van der Waals surface area contributed by atoms with Gasteiger partial charge in [0, 0.05) is 11.6 Å². The van der Waals surface area contributed by atoms with Gasteiger partial charge in [-0.25, -0.2) is 4.79 Å².